The van der Waals surface area contributed by atoms with Gasteiger partial charge in [0.15, 0.2) is 5.69 Å². The lowest BCUT2D eigenvalue weighted by atomic mass is 10.1. The first-order chi connectivity index (χ1) is 11.3. The zero-order valence-electron chi connectivity index (χ0n) is 12.9. The van der Waals surface area contributed by atoms with Crippen molar-refractivity contribution in [2.75, 3.05) is 6.61 Å². The largest absolute Gasteiger partial charge is 0.477 e. The normalized spacial score (nSPS) is 10.7. The Morgan fingerprint density at radius 1 is 1.22 bits per heavy atom. The van der Waals surface area contributed by atoms with E-state index in [4.69, 9.17) is 4.74 Å². The lowest BCUT2D eigenvalue weighted by molar-refractivity contribution is 0.0944. The molecule has 0 radical (unpaired) electrons. The minimum absolute atomic E-state index is 0.256. The van der Waals surface area contributed by atoms with E-state index in [0.717, 1.165) is 22.9 Å². The molecule has 0 bridgehead atoms. The molecule has 0 saturated carbocycles. The summed E-state index contributed by atoms with van der Waals surface area (Å²) in [6.45, 7) is 3.04. The zero-order chi connectivity index (χ0) is 16.1. The van der Waals surface area contributed by atoms with E-state index >= 15 is 0 Å². The van der Waals surface area contributed by atoms with Gasteiger partial charge in [-0.25, -0.2) is 0 Å². The molecule has 2 heterocycles. The van der Waals surface area contributed by atoms with Crippen LogP contribution in [-0.4, -0.2) is 27.7 Å². The SMILES string of the molecule is CCCOc1ccc(C(=O)NCc2ccc3[nH]ccc3c2)nn1. The van der Waals surface area contributed by atoms with Gasteiger partial charge in [-0.05, 0) is 41.6 Å². The minimum atomic E-state index is -0.256. The van der Waals surface area contributed by atoms with Crippen LogP contribution in [0, 0.1) is 0 Å². The highest BCUT2D eigenvalue weighted by Gasteiger charge is 2.08. The summed E-state index contributed by atoms with van der Waals surface area (Å²) in [6, 6.07) is 11.3. The van der Waals surface area contributed by atoms with Gasteiger partial charge in [-0.1, -0.05) is 13.0 Å². The Balaban J connectivity index is 1.60. The van der Waals surface area contributed by atoms with Crippen LogP contribution in [0.1, 0.15) is 29.4 Å². The van der Waals surface area contributed by atoms with Crippen LogP contribution >= 0.6 is 0 Å². The number of hydrogen-bond donors (Lipinski definition) is 2. The number of aromatic amines is 1. The molecule has 6 nitrogen and oxygen atoms in total. The van der Waals surface area contributed by atoms with E-state index in [2.05, 4.69) is 20.5 Å². The van der Waals surface area contributed by atoms with Gasteiger partial charge in [0.2, 0.25) is 5.88 Å². The van der Waals surface area contributed by atoms with Crippen LogP contribution in [0.25, 0.3) is 10.9 Å². The Labute approximate surface area is 133 Å². The van der Waals surface area contributed by atoms with E-state index in [1.165, 1.54) is 0 Å². The van der Waals surface area contributed by atoms with Crippen molar-refractivity contribution in [3.05, 3.63) is 53.9 Å². The number of nitrogens with zero attached hydrogens (tertiary/aromatic N) is 2. The van der Waals surface area contributed by atoms with Crippen LogP contribution < -0.4 is 10.1 Å². The summed E-state index contributed by atoms with van der Waals surface area (Å²) in [4.78, 5) is 15.2. The summed E-state index contributed by atoms with van der Waals surface area (Å²) >= 11 is 0. The van der Waals surface area contributed by atoms with Gasteiger partial charge in [-0.3, -0.25) is 4.79 Å². The summed E-state index contributed by atoms with van der Waals surface area (Å²) in [6.07, 6.45) is 2.79. The molecule has 2 N–H and O–H groups in total. The van der Waals surface area contributed by atoms with Gasteiger partial charge in [-0.15, -0.1) is 10.2 Å². The maximum atomic E-state index is 12.1. The minimum Gasteiger partial charge on any atom is -0.477 e. The molecule has 0 saturated heterocycles. The second kappa shape index (κ2) is 6.91. The fourth-order valence-corrected chi connectivity index (χ4v) is 2.21. The van der Waals surface area contributed by atoms with Crippen molar-refractivity contribution in [1.82, 2.24) is 20.5 Å². The van der Waals surface area contributed by atoms with Crippen molar-refractivity contribution in [2.45, 2.75) is 19.9 Å². The molecule has 6 heteroatoms. The van der Waals surface area contributed by atoms with Crippen molar-refractivity contribution in [1.29, 1.82) is 0 Å². The quantitative estimate of drug-likeness (QED) is 0.733. The van der Waals surface area contributed by atoms with E-state index in [0.29, 0.717) is 19.0 Å². The van der Waals surface area contributed by atoms with Crippen LogP contribution in [0.4, 0.5) is 0 Å². The molecule has 118 valence electrons. The first-order valence-electron chi connectivity index (χ1n) is 7.57. The van der Waals surface area contributed by atoms with E-state index < -0.39 is 0 Å². The van der Waals surface area contributed by atoms with E-state index in [1.807, 2.05) is 37.4 Å². The molecular formula is C17H18N4O2. The Kier molecular flexibility index (Phi) is 4.52. The number of H-pyrrole nitrogens is 1. The average Bonchev–Trinajstić information content (AvgIpc) is 3.06. The molecule has 3 rings (SSSR count). The molecule has 0 atom stereocenters. The molecule has 3 aromatic rings. The van der Waals surface area contributed by atoms with Gasteiger partial charge < -0.3 is 15.0 Å². The third-order valence-electron chi connectivity index (χ3n) is 3.40. The summed E-state index contributed by atoms with van der Waals surface area (Å²) in [7, 11) is 0. The number of benzene rings is 1. The van der Waals surface area contributed by atoms with Crippen molar-refractivity contribution >= 4 is 16.8 Å². The van der Waals surface area contributed by atoms with Crippen LogP contribution in [-0.2, 0) is 6.54 Å². The maximum absolute atomic E-state index is 12.1. The van der Waals surface area contributed by atoms with Gasteiger partial charge in [-0.2, -0.15) is 0 Å². The van der Waals surface area contributed by atoms with Gasteiger partial charge in [0.05, 0.1) is 6.61 Å². The summed E-state index contributed by atoms with van der Waals surface area (Å²) in [5, 5.41) is 11.7. The topological polar surface area (TPSA) is 79.9 Å². The number of carbonyl (C=O) groups excluding carboxylic acids is 1. The summed E-state index contributed by atoms with van der Waals surface area (Å²) in [5.74, 6) is 0.176. The molecule has 0 fully saturated rings. The molecule has 23 heavy (non-hydrogen) atoms. The Morgan fingerprint density at radius 3 is 2.91 bits per heavy atom. The predicted molar refractivity (Wildman–Crippen MR) is 87.3 cm³/mol. The van der Waals surface area contributed by atoms with Gasteiger partial charge in [0.25, 0.3) is 5.91 Å². The smallest absolute Gasteiger partial charge is 0.272 e. The first kappa shape index (κ1) is 15.0. The number of carbonyl (C=O) groups is 1. The van der Waals surface area contributed by atoms with Crippen molar-refractivity contribution in [3.63, 3.8) is 0 Å². The zero-order valence-corrected chi connectivity index (χ0v) is 12.9. The number of fused-ring (bicyclic) bond motifs is 1. The van der Waals surface area contributed by atoms with Crippen molar-refractivity contribution < 1.29 is 9.53 Å². The van der Waals surface area contributed by atoms with Crippen LogP contribution in [0.3, 0.4) is 0 Å². The molecule has 0 aliphatic carbocycles. The van der Waals surface area contributed by atoms with E-state index in [-0.39, 0.29) is 11.6 Å². The molecule has 1 aromatic carbocycles. The highest BCUT2D eigenvalue weighted by atomic mass is 16.5. The molecule has 0 unspecified atom stereocenters. The summed E-state index contributed by atoms with van der Waals surface area (Å²) < 4.78 is 5.34. The lowest BCUT2D eigenvalue weighted by Crippen LogP contribution is -2.24. The monoisotopic (exact) mass is 310 g/mol. The Hall–Kier alpha value is -2.89. The molecule has 2 aromatic heterocycles. The van der Waals surface area contributed by atoms with Gasteiger partial charge >= 0.3 is 0 Å². The molecular weight excluding hydrogens is 292 g/mol. The number of amides is 1. The Morgan fingerprint density at radius 2 is 2.13 bits per heavy atom. The third kappa shape index (κ3) is 3.66. The number of hydrogen-bond acceptors (Lipinski definition) is 4. The fraction of sp³-hybridized carbons (Fsp3) is 0.235. The fourth-order valence-electron chi connectivity index (χ4n) is 2.21. The molecule has 1 amide bonds. The highest BCUT2D eigenvalue weighted by Crippen LogP contribution is 2.14. The van der Waals surface area contributed by atoms with Gasteiger partial charge in [0, 0.05) is 24.3 Å². The highest BCUT2D eigenvalue weighted by molar-refractivity contribution is 5.92. The average molecular weight is 310 g/mol. The van der Waals surface area contributed by atoms with Crippen molar-refractivity contribution in [2.24, 2.45) is 0 Å². The van der Waals surface area contributed by atoms with Gasteiger partial charge in [0.1, 0.15) is 0 Å². The van der Waals surface area contributed by atoms with E-state index in [9.17, 15) is 4.79 Å². The lowest BCUT2D eigenvalue weighted by Gasteiger charge is -2.06. The second-order valence-electron chi connectivity index (χ2n) is 5.19. The van der Waals surface area contributed by atoms with Crippen LogP contribution in [0.15, 0.2) is 42.6 Å². The number of ether oxygens (including phenoxy) is 1. The summed E-state index contributed by atoms with van der Waals surface area (Å²) in [5.41, 5.74) is 2.38. The number of rotatable bonds is 6. The number of aromatic nitrogens is 3. The van der Waals surface area contributed by atoms with Crippen LogP contribution in [0.5, 0.6) is 5.88 Å². The van der Waals surface area contributed by atoms with E-state index in [1.54, 1.807) is 12.1 Å². The molecule has 0 aliphatic heterocycles. The van der Waals surface area contributed by atoms with Crippen molar-refractivity contribution in [3.8, 4) is 5.88 Å². The number of nitrogens with one attached hydrogen (secondary N) is 2. The second-order valence-corrected chi connectivity index (χ2v) is 5.19. The predicted octanol–water partition coefficient (Wildman–Crippen LogP) is 2.68. The molecule has 0 spiro atoms. The standard InChI is InChI=1S/C17H18N4O2/c1-2-9-23-16-6-5-15(20-21-16)17(22)19-11-12-3-4-14-13(10-12)7-8-18-14/h3-8,10,18H,2,9,11H2,1H3,(H,19,22). The third-order valence-corrected chi connectivity index (χ3v) is 3.40. The maximum Gasteiger partial charge on any atom is 0.272 e. The molecule has 0 aliphatic rings. The first-order valence-corrected chi connectivity index (χ1v) is 7.57. The van der Waals surface area contributed by atoms with Crippen LogP contribution in [0.2, 0.25) is 0 Å². The Bertz CT molecular complexity index is 796.